The van der Waals surface area contributed by atoms with E-state index in [1.807, 2.05) is 10.9 Å². The second-order valence-electron chi connectivity index (χ2n) is 8.98. The van der Waals surface area contributed by atoms with Crippen LogP contribution in [0.25, 0.3) is 11.8 Å². The van der Waals surface area contributed by atoms with E-state index in [2.05, 4.69) is 36.8 Å². The number of unbranched alkanes of at least 4 members (excludes halogenated alkanes) is 1. The summed E-state index contributed by atoms with van der Waals surface area (Å²) in [6.07, 6.45) is 10.0. The van der Waals surface area contributed by atoms with Gasteiger partial charge in [0, 0.05) is 24.4 Å². The lowest BCUT2D eigenvalue weighted by atomic mass is 9.69. The molecule has 1 amide bonds. The summed E-state index contributed by atoms with van der Waals surface area (Å²) in [5.74, 6) is 0.114. The average Bonchev–Trinajstić information content (AvgIpc) is 3.29. The van der Waals surface area contributed by atoms with Crippen LogP contribution in [0.2, 0.25) is 0 Å². The molecule has 160 valence electrons. The van der Waals surface area contributed by atoms with Gasteiger partial charge in [0.1, 0.15) is 5.82 Å². The number of fused-ring (bicyclic) bond motifs is 2. The summed E-state index contributed by atoms with van der Waals surface area (Å²) in [4.78, 5) is 15.6. The summed E-state index contributed by atoms with van der Waals surface area (Å²) in [6, 6.07) is 6.44. The highest BCUT2D eigenvalue weighted by atomic mass is 19.1. The van der Waals surface area contributed by atoms with Gasteiger partial charge in [-0.25, -0.2) is 9.07 Å². The van der Waals surface area contributed by atoms with E-state index in [1.165, 1.54) is 23.3 Å². The first-order valence-electron chi connectivity index (χ1n) is 11.3. The largest absolute Gasteiger partial charge is 0.342 e. The van der Waals surface area contributed by atoms with Crippen LogP contribution in [0, 0.1) is 17.2 Å². The van der Waals surface area contributed by atoms with E-state index in [0.29, 0.717) is 5.91 Å². The van der Waals surface area contributed by atoms with Crippen molar-refractivity contribution in [2.45, 2.75) is 59.3 Å². The topological polar surface area (TPSA) is 38.1 Å². The zero-order chi connectivity index (χ0) is 21.3. The van der Waals surface area contributed by atoms with Crippen LogP contribution in [0.1, 0.15) is 64.1 Å². The molecule has 0 saturated heterocycles. The first kappa shape index (κ1) is 20.8. The molecule has 5 heteroatoms. The molecule has 2 aliphatic carbocycles. The Hall–Kier alpha value is -2.43. The number of carbonyl (C=O) groups excluding carboxylic acids is 1. The van der Waals surface area contributed by atoms with E-state index in [0.717, 1.165) is 63.0 Å². The van der Waals surface area contributed by atoms with Crippen molar-refractivity contribution in [2.24, 2.45) is 11.3 Å². The summed E-state index contributed by atoms with van der Waals surface area (Å²) < 4.78 is 15.2. The maximum atomic E-state index is 13.5. The third-order valence-electron chi connectivity index (χ3n) is 6.92. The molecule has 0 radical (unpaired) electrons. The third kappa shape index (κ3) is 3.59. The standard InChI is InChI=1S/C25H32FN3O/c1-4-6-14-28(13-5-2)24(30)22-12-7-19-15-23-18(16-25(19,22)3)17-27-29(23)21-10-8-20(26)9-11-21/h8-11,15,17,22H,4-7,12-14,16H2,1-3H3/t22-,25+/m1/s1. The molecule has 4 nitrogen and oxygen atoms in total. The molecule has 0 unspecified atom stereocenters. The van der Waals surface area contributed by atoms with Gasteiger partial charge in [-0.2, -0.15) is 5.10 Å². The van der Waals surface area contributed by atoms with Gasteiger partial charge in [0.25, 0.3) is 0 Å². The van der Waals surface area contributed by atoms with Crippen LogP contribution in [0.15, 0.2) is 36.0 Å². The Bertz CT molecular complexity index is 946. The minimum absolute atomic E-state index is 0.0366. The van der Waals surface area contributed by atoms with Crippen molar-refractivity contribution in [1.82, 2.24) is 14.7 Å². The molecular weight excluding hydrogens is 377 g/mol. The minimum Gasteiger partial charge on any atom is -0.342 e. The lowest BCUT2D eigenvalue weighted by molar-refractivity contribution is -0.138. The number of nitrogens with zero attached hydrogens (tertiary/aromatic N) is 3. The fraction of sp³-hybridized carbons (Fsp3) is 0.520. The predicted molar refractivity (Wildman–Crippen MR) is 118 cm³/mol. The van der Waals surface area contributed by atoms with Crippen LogP contribution in [0.5, 0.6) is 0 Å². The molecule has 30 heavy (non-hydrogen) atoms. The van der Waals surface area contributed by atoms with Gasteiger partial charge in [0.2, 0.25) is 5.91 Å². The number of benzene rings is 1. The Balaban J connectivity index is 1.62. The lowest BCUT2D eigenvalue weighted by Crippen LogP contribution is -2.43. The Morgan fingerprint density at radius 2 is 2.00 bits per heavy atom. The summed E-state index contributed by atoms with van der Waals surface area (Å²) in [5.41, 5.74) is 4.31. The molecule has 1 heterocycles. The SMILES string of the molecule is CCCCN(CCC)C(=O)[C@H]1CCC2=Cc3c(cnn3-c3ccc(F)cc3)C[C@@]21C. The first-order valence-corrected chi connectivity index (χ1v) is 11.3. The van der Waals surface area contributed by atoms with E-state index in [-0.39, 0.29) is 17.2 Å². The normalized spacial score (nSPS) is 22.4. The van der Waals surface area contributed by atoms with Crippen molar-refractivity contribution < 1.29 is 9.18 Å². The maximum Gasteiger partial charge on any atom is 0.226 e. The number of halogens is 1. The van der Waals surface area contributed by atoms with Crippen LogP contribution in [-0.2, 0) is 11.2 Å². The third-order valence-corrected chi connectivity index (χ3v) is 6.92. The molecule has 0 spiro atoms. The first-order chi connectivity index (χ1) is 14.5. The van der Waals surface area contributed by atoms with Crippen LogP contribution in [0.3, 0.4) is 0 Å². The number of allylic oxidation sites excluding steroid dienone is 1. The second kappa shape index (κ2) is 8.37. The molecule has 4 rings (SSSR count). The van der Waals surface area contributed by atoms with Crippen molar-refractivity contribution in [3.8, 4) is 5.69 Å². The van der Waals surface area contributed by atoms with Crippen molar-refractivity contribution >= 4 is 12.0 Å². The Labute approximate surface area is 178 Å². The molecule has 2 aromatic rings. The average molecular weight is 410 g/mol. The fourth-order valence-corrected chi connectivity index (χ4v) is 5.20. The second-order valence-corrected chi connectivity index (χ2v) is 8.98. The van der Waals surface area contributed by atoms with Crippen molar-refractivity contribution in [2.75, 3.05) is 13.1 Å². The van der Waals surface area contributed by atoms with Gasteiger partial charge in [0.15, 0.2) is 0 Å². The van der Waals surface area contributed by atoms with Crippen molar-refractivity contribution in [3.05, 3.63) is 53.1 Å². The predicted octanol–water partition coefficient (Wildman–Crippen LogP) is 5.41. The molecular formula is C25H32FN3O. The van der Waals surface area contributed by atoms with E-state index in [9.17, 15) is 9.18 Å². The molecule has 0 N–H and O–H groups in total. The van der Waals surface area contributed by atoms with Gasteiger partial charge in [-0.15, -0.1) is 0 Å². The van der Waals surface area contributed by atoms with Crippen molar-refractivity contribution in [1.29, 1.82) is 0 Å². The highest BCUT2D eigenvalue weighted by molar-refractivity contribution is 5.82. The van der Waals surface area contributed by atoms with Gasteiger partial charge in [0.05, 0.1) is 17.6 Å². The Morgan fingerprint density at radius 1 is 1.23 bits per heavy atom. The smallest absolute Gasteiger partial charge is 0.226 e. The zero-order valence-electron chi connectivity index (χ0n) is 18.3. The summed E-state index contributed by atoms with van der Waals surface area (Å²) in [6.45, 7) is 8.29. The highest BCUT2D eigenvalue weighted by Crippen LogP contribution is 2.53. The summed E-state index contributed by atoms with van der Waals surface area (Å²) in [7, 11) is 0. The molecule has 2 atom stereocenters. The van der Waals surface area contributed by atoms with Gasteiger partial charge >= 0.3 is 0 Å². The van der Waals surface area contributed by atoms with Gasteiger partial charge in [-0.1, -0.05) is 32.8 Å². The van der Waals surface area contributed by atoms with Crippen LogP contribution in [0.4, 0.5) is 4.39 Å². The van der Waals surface area contributed by atoms with Gasteiger partial charge in [-0.05, 0) is 68.0 Å². The Morgan fingerprint density at radius 3 is 2.70 bits per heavy atom. The minimum atomic E-state index is -0.248. The summed E-state index contributed by atoms with van der Waals surface area (Å²) in [5, 5.41) is 4.59. The van der Waals surface area contributed by atoms with Crippen molar-refractivity contribution in [3.63, 3.8) is 0 Å². The van der Waals surface area contributed by atoms with Gasteiger partial charge in [-0.3, -0.25) is 4.79 Å². The molecule has 1 aromatic carbocycles. The Kier molecular flexibility index (Phi) is 5.81. The van der Waals surface area contributed by atoms with Crippen LogP contribution in [-0.4, -0.2) is 33.7 Å². The van der Waals surface area contributed by atoms with E-state index in [1.54, 1.807) is 12.1 Å². The summed E-state index contributed by atoms with van der Waals surface area (Å²) >= 11 is 0. The molecule has 2 aliphatic rings. The quantitative estimate of drug-likeness (QED) is 0.614. The van der Waals surface area contributed by atoms with E-state index in [4.69, 9.17) is 0 Å². The zero-order valence-corrected chi connectivity index (χ0v) is 18.3. The lowest BCUT2D eigenvalue weighted by Gasteiger charge is -2.37. The number of hydrogen-bond donors (Lipinski definition) is 0. The highest BCUT2D eigenvalue weighted by Gasteiger charge is 2.49. The maximum absolute atomic E-state index is 13.5. The number of amides is 1. The van der Waals surface area contributed by atoms with E-state index >= 15 is 0 Å². The molecule has 1 fully saturated rings. The monoisotopic (exact) mass is 409 g/mol. The van der Waals surface area contributed by atoms with Gasteiger partial charge < -0.3 is 4.90 Å². The molecule has 1 aromatic heterocycles. The molecule has 0 aliphatic heterocycles. The molecule has 1 saturated carbocycles. The molecule has 0 bridgehead atoms. The van der Waals surface area contributed by atoms with E-state index < -0.39 is 0 Å². The number of rotatable bonds is 7. The number of hydrogen-bond acceptors (Lipinski definition) is 2. The number of aromatic nitrogens is 2. The van der Waals surface area contributed by atoms with Crippen LogP contribution < -0.4 is 0 Å². The van der Waals surface area contributed by atoms with Crippen LogP contribution >= 0.6 is 0 Å². The number of carbonyl (C=O) groups is 1. The fourth-order valence-electron chi connectivity index (χ4n) is 5.20.